The zero-order chi connectivity index (χ0) is 12.1. The molecule has 0 saturated carbocycles. The Kier molecular flexibility index (Phi) is 4.74. The molecule has 0 radical (unpaired) electrons. The van der Waals surface area contributed by atoms with Crippen LogP contribution in [0.3, 0.4) is 0 Å². The molecule has 0 saturated heterocycles. The number of phenols is 1. The van der Waals surface area contributed by atoms with E-state index in [1.807, 2.05) is 7.05 Å². The summed E-state index contributed by atoms with van der Waals surface area (Å²) >= 11 is 0. The Morgan fingerprint density at radius 2 is 2.06 bits per heavy atom. The summed E-state index contributed by atoms with van der Waals surface area (Å²) in [6, 6.07) is 4.20. The molecule has 0 spiro atoms. The van der Waals surface area contributed by atoms with Gasteiger partial charge in [0.25, 0.3) is 0 Å². The summed E-state index contributed by atoms with van der Waals surface area (Å²) in [5.74, 6) is 0.242. The summed E-state index contributed by atoms with van der Waals surface area (Å²) in [6.45, 7) is 6.00. The second-order valence-electron chi connectivity index (χ2n) is 4.53. The number of nitrogens with zero attached hydrogens (tertiary/aromatic N) is 1. The van der Waals surface area contributed by atoms with Crippen LogP contribution in [0.5, 0.6) is 5.75 Å². The van der Waals surface area contributed by atoms with Crippen LogP contribution in [0.2, 0.25) is 0 Å². The van der Waals surface area contributed by atoms with Gasteiger partial charge in [-0.2, -0.15) is 0 Å². The van der Waals surface area contributed by atoms with Crippen molar-refractivity contribution in [1.82, 2.24) is 4.90 Å². The highest BCUT2D eigenvalue weighted by Crippen LogP contribution is 2.16. The minimum absolute atomic E-state index is 0.00746. The van der Waals surface area contributed by atoms with Gasteiger partial charge in [0.2, 0.25) is 0 Å². The Morgan fingerprint density at radius 1 is 1.38 bits per heavy atom. The summed E-state index contributed by atoms with van der Waals surface area (Å²) in [6.07, 6.45) is 1.14. The molecule has 0 bridgehead atoms. The van der Waals surface area contributed by atoms with Crippen molar-refractivity contribution < 1.29 is 9.50 Å². The van der Waals surface area contributed by atoms with Crippen LogP contribution in [0.15, 0.2) is 18.2 Å². The topological polar surface area (TPSA) is 23.5 Å². The van der Waals surface area contributed by atoms with Crippen molar-refractivity contribution in [2.45, 2.75) is 26.8 Å². The molecule has 1 aromatic carbocycles. The molecule has 0 aliphatic carbocycles. The summed E-state index contributed by atoms with van der Waals surface area (Å²) in [5.41, 5.74) is 0.809. The summed E-state index contributed by atoms with van der Waals surface area (Å²) in [4.78, 5) is 2.14. The maximum absolute atomic E-state index is 13.0. The molecule has 90 valence electrons. The Labute approximate surface area is 96.7 Å². The SMILES string of the molecule is CCC(C)CN(C)Cc1cc(O)cc(F)c1. The van der Waals surface area contributed by atoms with Gasteiger partial charge in [-0.25, -0.2) is 4.39 Å². The van der Waals surface area contributed by atoms with Gasteiger partial charge >= 0.3 is 0 Å². The lowest BCUT2D eigenvalue weighted by Crippen LogP contribution is -2.23. The predicted molar refractivity (Wildman–Crippen MR) is 63.9 cm³/mol. The zero-order valence-corrected chi connectivity index (χ0v) is 10.2. The molecule has 2 nitrogen and oxygen atoms in total. The molecule has 0 aromatic heterocycles. The summed E-state index contributed by atoms with van der Waals surface area (Å²) in [7, 11) is 2.01. The van der Waals surface area contributed by atoms with Gasteiger partial charge in [-0.15, -0.1) is 0 Å². The first kappa shape index (κ1) is 13.0. The number of phenolic OH excluding ortho intramolecular Hbond substituents is 1. The van der Waals surface area contributed by atoms with Crippen LogP contribution in [0.1, 0.15) is 25.8 Å². The van der Waals surface area contributed by atoms with E-state index in [-0.39, 0.29) is 11.6 Å². The summed E-state index contributed by atoms with van der Waals surface area (Å²) in [5, 5.41) is 9.28. The third kappa shape index (κ3) is 4.19. The molecular formula is C13H20FNO. The Balaban J connectivity index is 2.58. The van der Waals surface area contributed by atoms with E-state index >= 15 is 0 Å². The van der Waals surface area contributed by atoms with Gasteiger partial charge in [-0.05, 0) is 30.7 Å². The minimum Gasteiger partial charge on any atom is -0.508 e. The molecule has 3 heteroatoms. The molecule has 0 fully saturated rings. The van der Waals surface area contributed by atoms with Gasteiger partial charge in [0, 0.05) is 19.2 Å². The van der Waals surface area contributed by atoms with Crippen molar-refractivity contribution >= 4 is 0 Å². The first-order valence-corrected chi connectivity index (χ1v) is 5.68. The molecule has 1 rings (SSSR count). The van der Waals surface area contributed by atoms with Crippen LogP contribution in [0, 0.1) is 11.7 Å². The monoisotopic (exact) mass is 225 g/mol. The van der Waals surface area contributed by atoms with Gasteiger partial charge in [0.1, 0.15) is 11.6 Å². The quantitative estimate of drug-likeness (QED) is 0.832. The van der Waals surface area contributed by atoms with E-state index in [1.54, 1.807) is 6.07 Å². The number of rotatable bonds is 5. The van der Waals surface area contributed by atoms with E-state index in [4.69, 9.17) is 0 Å². The van der Waals surface area contributed by atoms with Gasteiger partial charge in [-0.3, -0.25) is 0 Å². The Morgan fingerprint density at radius 3 is 2.62 bits per heavy atom. The fourth-order valence-electron chi connectivity index (χ4n) is 1.76. The van der Waals surface area contributed by atoms with Crippen LogP contribution in [0.4, 0.5) is 4.39 Å². The van der Waals surface area contributed by atoms with Crippen LogP contribution in [-0.2, 0) is 6.54 Å². The first-order valence-electron chi connectivity index (χ1n) is 5.68. The van der Waals surface area contributed by atoms with E-state index in [2.05, 4.69) is 18.7 Å². The van der Waals surface area contributed by atoms with E-state index < -0.39 is 0 Å². The van der Waals surface area contributed by atoms with Gasteiger partial charge in [-0.1, -0.05) is 20.3 Å². The highest BCUT2D eigenvalue weighted by Gasteiger charge is 2.06. The predicted octanol–water partition coefficient (Wildman–Crippen LogP) is 3.01. The molecule has 1 unspecified atom stereocenters. The molecule has 0 heterocycles. The second kappa shape index (κ2) is 5.85. The molecule has 1 atom stereocenters. The first-order chi connectivity index (χ1) is 7.51. The average molecular weight is 225 g/mol. The Bertz CT molecular complexity index is 320. The highest BCUT2D eigenvalue weighted by molar-refractivity contribution is 5.28. The van der Waals surface area contributed by atoms with Crippen molar-refractivity contribution in [2.24, 2.45) is 5.92 Å². The van der Waals surface area contributed by atoms with Gasteiger partial charge in [0.15, 0.2) is 0 Å². The number of benzene rings is 1. The molecule has 0 aliphatic heterocycles. The lowest BCUT2D eigenvalue weighted by Gasteiger charge is -2.20. The smallest absolute Gasteiger partial charge is 0.127 e. The van der Waals surface area contributed by atoms with Crippen LogP contribution in [-0.4, -0.2) is 23.6 Å². The van der Waals surface area contributed by atoms with Crippen molar-refractivity contribution in [1.29, 1.82) is 0 Å². The number of halogens is 1. The molecule has 1 aromatic rings. The van der Waals surface area contributed by atoms with Gasteiger partial charge in [0.05, 0.1) is 0 Å². The lowest BCUT2D eigenvalue weighted by molar-refractivity contribution is 0.274. The maximum Gasteiger partial charge on any atom is 0.127 e. The van der Waals surface area contributed by atoms with E-state index in [1.165, 1.54) is 6.07 Å². The minimum atomic E-state index is -0.382. The fourth-order valence-corrected chi connectivity index (χ4v) is 1.76. The van der Waals surface area contributed by atoms with E-state index in [0.29, 0.717) is 12.5 Å². The zero-order valence-electron chi connectivity index (χ0n) is 10.2. The van der Waals surface area contributed by atoms with Crippen LogP contribution >= 0.6 is 0 Å². The number of aromatic hydroxyl groups is 1. The third-order valence-corrected chi connectivity index (χ3v) is 2.72. The van der Waals surface area contributed by atoms with Crippen molar-refractivity contribution in [2.75, 3.05) is 13.6 Å². The Hall–Kier alpha value is -1.09. The average Bonchev–Trinajstić information content (AvgIpc) is 2.15. The molecule has 16 heavy (non-hydrogen) atoms. The molecular weight excluding hydrogens is 205 g/mol. The van der Waals surface area contributed by atoms with E-state index in [0.717, 1.165) is 24.6 Å². The highest BCUT2D eigenvalue weighted by atomic mass is 19.1. The van der Waals surface area contributed by atoms with E-state index in [9.17, 15) is 9.50 Å². The van der Waals surface area contributed by atoms with Gasteiger partial charge < -0.3 is 10.0 Å². The number of hydrogen-bond donors (Lipinski definition) is 1. The number of hydrogen-bond acceptors (Lipinski definition) is 2. The molecule has 0 aliphatic rings. The lowest BCUT2D eigenvalue weighted by atomic mass is 10.1. The van der Waals surface area contributed by atoms with Crippen molar-refractivity contribution in [3.8, 4) is 5.75 Å². The fraction of sp³-hybridized carbons (Fsp3) is 0.538. The summed E-state index contributed by atoms with van der Waals surface area (Å²) < 4.78 is 13.0. The van der Waals surface area contributed by atoms with Crippen LogP contribution < -0.4 is 0 Å². The largest absolute Gasteiger partial charge is 0.508 e. The van der Waals surface area contributed by atoms with Crippen molar-refractivity contribution in [3.63, 3.8) is 0 Å². The second-order valence-corrected chi connectivity index (χ2v) is 4.53. The molecule has 1 N–H and O–H groups in total. The maximum atomic E-state index is 13.0. The third-order valence-electron chi connectivity index (χ3n) is 2.72. The molecule has 0 amide bonds. The van der Waals surface area contributed by atoms with Crippen molar-refractivity contribution in [3.05, 3.63) is 29.6 Å². The van der Waals surface area contributed by atoms with Crippen LogP contribution in [0.25, 0.3) is 0 Å². The standard InChI is InChI=1S/C13H20FNO/c1-4-10(2)8-15(3)9-11-5-12(14)7-13(16)6-11/h5-7,10,16H,4,8-9H2,1-3H3. The normalized spacial score (nSPS) is 13.1.